The molecule has 23 heavy (non-hydrogen) atoms. The van der Waals surface area contributed by atoms with Crippen LogP contribution < -0.4 is 4.74 Å². The van der Waals surface area contributed by atoms with Crippen molar-refractivity contribution in [1.82, 2.24) is 0 Å². The first-order valence-corrected chi connectivity index (χ1v) is 7.73. The fourth-order valence-corrected chi connectivity index (χ4v) is 2.48. The molecule has 0 aliphatic carbocycles. The summed E-state index contributed by atoms with van der Waals surface area (Å²) in [6.07, 6.45) is 7.07. The number of hydrogen-bond acceptors (Lipinski definition) is 4. The molecular weight excluding hydrogens is 290 g/mol. The van der Waals surface area contributed by atoms with Crippen LogP contribution >= 0.6 is 0 Å². The molecule has 0 spiro atoms. The minimum Gasteiger partial charge on any atom is -0.493 e. The number of benzene rings is 1. The van der Waals surface area contributed by atoms with E-state index in [0.29, 0.717) is 11.3 Å². The fourth-order valence-electron chi connectivity index (χ4n) is 2.48. The van der Waals surface area contributed by atoms with Crippen molar-refractivity contribution < 1.29 is 14.3 Å². The van der Waals surface area contributed by atoms with Crippen molar-refractivity contribution in [3.05, 3.63) is 54.1 Å². The van der Waals surface area contributed by atoms with E-state index in [1.807, 2.05) is 12.1 Å². The van der Waals surface area contributed by atoms with Gasteiger partial charge < -0.3 is 4.74 Å². The highest BCUT2D eigenvalue weighted by molar-refractivity contribution is 6.44. The molecule has 4 nitrogen and oxygen atoms in total. The van der Waals surface area contributed by atoms with Crippen molar-refractivity contribution in [2.24, 2.45) is 4.99 Å². The molecule has 0 aromatic heterocycles. The monoisotopic (exact) mass is 311 g/mol. The van der Waals surface area contributed by atoms with E-state index in [-0.39, 0.29) is 24.4 Å². The number of aryl methyl sites for hydroxylation is 1. The maximum absolute atomic E-state index is 12.3. The Bertz CT molecular complexity index is 671. The first kappa shape index (κ1) is 16.9. The number of ketones is 2. The Morgan fingerprint density at radius 1 is 1.35 bits per heavy atom. The molecule has 1 aromatic carbocycles. The topological polar surface area (TPSA) is 55.7 Å². The van der Waals surface area contributed by atoms with Crippen LogP contribution in [-0.2, 0) is 11.2 Å². The number of nitrogens with zero attached hydrogens (tertiary/aromatic N) is 1. The number of rotatable bonds is 7. The van der Waals surface area contributed by atoms with Gasteiger partial charge in [-0.25, -0.2) is 0 Å². The lowest BCUT2D eigenvalue weighted by Crippen LogP contribution is -2.14. The highest BCUT2D eigenvalue weighted by Gasteiger charge is 2.15. The lowest BCUT2D eigenvalue weighted by molar-refractivity contribution is -0.112. The Hall–Kier alpha value is -2.49. The van der Waals surface area contributed by atoms with Crippen molar-refractivity contribution in [2.75, 3.05) is 13.7 Å². The SMILES string of the molecule is C=C/C=C\C(=NC)C(=O)CCC(=O)c1ccc2c(c1)CCCO2. The number of hydrogen-bond donors (Lipinski definition) is 0. The molecular formula is C19H21NO3. The highest BCUT2D eigenvalue weighted by atomic mass is 16.5. The third-order valence-electron chi connectivity index (χ3n) is 3.73. The van der Waals surface area contributed by atoms with Gasteiger partial charge >= 0.3 is 0 Å². The van der Waals surface area contributed by atoms with Crippen LogP contribution in [0.3, 0.4) is 0 Å². The predicted molar refractivity (Wildman–Crippen MR) is 91.5 cm³/mol. The fraction of sp³-hybridized carbons (Fsp3) is 0.316. The molecule has 0 bridgehead atoms. The second-order valence-corrected chi connectivity index (χ2v) is 5.32. The maximum Gasteiger partial charge on any atom is 0.181 e. The van der Waals surface area contributed by atoms with Crippen LogP contribution in [0, 0.1) is 0 Å². The van der Waals surface area contributed by atoms with Gasteiger partial charge in [0, 0.05) is 25.5 Å². The van der Waals surface area contributed by atoms with Crippen LogP contribution in [0.15, 0.2) is 48.0 Å². The standard InChI is InChI=1S/C19H21NO3/c1-3-4-7-16(20-2)18(22)10-9-17(21)14-8-11-19-15(13-14)6-5-12-23-19/h3-4,7-8,11,13H,1,5-6,9-10,12H2,2H3/b7-4-,20-16?. The number of allylic oxidation sites excluding steroid dienone is 3. The van der Waals surface area contributed by atoms with Crippen LogP contribution in [0.5, 0.6) is 5.75 Å². The molecule has 120 valence electrons. The number of carbonyl (C=O) groups is 2. The Kier molecular flexibility index (Phi) is 6.03. The van der Waals surface area contributed by atoms with Crippen molar-refractivity contribution >= 4 is 17.3 Å². The second kappa shape index (κ2) is 8.22. The molecule has 0 unspecified atom stereocenters. The summed E-state index contributed by atoms with van der Waals surface area (Å²) >= 11 is 0. The third-order valence-corrected chi connectivity index (χ3v) is 3.73. The van der Waals surface area contributed by atoms with E-state index in [4.69, 9.17) is 4.74 Å². The van der Waals surface area contributed by atoms with Crippen LogP contribution in [0.2, 0.25) is 0 Å². The van der Waals surface area contributed by atoms with Crippen molar-refractivity contribution in [1.29, 1.82) is 0 Å². The molecule has 0 saturated heterocycles. The molecule has 0 atom stereocenters. The van der Waals surface area contributed by atoms with Gasteiger partial charge in [0.25, 0.3) is 0 Å². The zero-order chi connectivity index (χ0) is 16.7. The van der Waals surface area contributed by atoms with Gasteiger partial charge in [-0.3, -0.25) is 14.6 Å². The third kappa shape index (κ3) is 4.49. The maximum atomic E-state index is 12.3. The van der Waals surface area contributed by atoms with E-state index >= 15 is 0 Å². The lowest BCUT2D eigenvalue weighted by Gasteiger charge is -2.17. The van der Waals surface area contributed by atoms with Gasteiger partial charge in [-0.1, -0.05) is 18.7 Å². The molecule has 0 N–H and O–H groups in total. The quantitative estimate of drug-likeness (QED) is 0.441. The minimum atomic E-state index is -0.139. The summed E-state index contributed by atoms with van der Waals surface area (Å²) in [5, 5.41) is 0. The van der Waals surface area contributed by atoms with Crippen LogP contribution in [0.4, 0.5) is 0 Å². The summed E-state index contributed by atoms with van der Waals surface area (Å²) in [6, 6.07) is 5.49. The summed E-state index contributed by atoms with van der Waals surface area (Å²) < 4.78 is 5.54. The molecule has 0 fully saturated rings. The second-order valence-electron chi connectivity index (χ2n) is 5.32. The lowest BCUT2D eigenvalue weighted by atomic mass is 9.98. The van der Waals surface area contributed by atoms with Crippen LogP contribution in [0.1, 0.15) is 35.2 Å². The van der Waals surface area contributed by atoms with Crippen molar-refractivity contribution in [2.45, 2.75) is 25.7 Å². The molecule has 0 amide bonds. The van der Waals surface area contributed by atoms with E-state index in [1.165, 1.54) is 0 Å². The Morgan fingerprint density at radius 2 is 2.17 bits per heavy atom. The number of aliphatic imine (C=N–C) groups is 1. The van der Waals surface area contributed by atoms with Gasteiger partial charge in [-0.15, -0.1) is 0 Å². The van der Waals surface area contributed by atoms with Gasteiger partial charge in [0.05, 0.1) is 6.61 Å². The normalized spacial score (nSPS) is 14.2. The number of ether oxygens (including phenoxy) is 1. The number of carbonyl (C=O) groups excluding carboxylic acids is 2. The van der Waals surface area contributed by atoms with Gasteiger partial charge in [-0.2, -0.15) is 0 Å². The minimum absolute atomic E-state index is 0.0325. The van der Waals surface area contributed by atoms with E-state index in [0.717, 1.165) is 30.8 Å². The van der Waals surface area contributed by atoms with E-state index in [9.17, 15) is 9.59 Å². The number of Topliss-reactive ketones (excluding diaryl/α,β-unsaturated/α-hetero) is 2. The first-order valence-electron chi connectivity index (χ1n) is 7.73. The van der Waals surface area contributed by atoms with E-state index in [1.54, 1.807) is 31.3 Å². The Morgan fingerprint density at radius 3 is 2.91 bits per heavy atom. The molecule has 0 saturated carbocycles. The molecule has 1 heterocycles. The van der Waals surface area contributed by atoms with Crippen molar-refractivity contribution in [3.63, 3.8) is 0 Å². The predicted octanol–water partition coefficient (Wildman–Crippen LogP) is 3.36. The average Bonchev–Trinajstić information content (AvgIpc) is 2.59. The zero-order valence-corrected chi connectivity index (χ0v) is 13.4. The smallest absolute Gasteiger partial charge is 0.181 e. The molecule has 1 aliphatic heterocycles. The summed E-state index contributed by atoms with van der Waals surface area (Å²) in [7, 11) is 1.56. The molecule has 0 radical (unpaired) electrons. The highest BCUT2D eigenvalue weighted by Crippen LogP contribution is 2.26. The van der Waals surface area contributed by atoms with Gasteiger partial charge in [0.15, 0.2) is 11.6 Å². The molecule has 1 aromatic rings. The molecule has 1 aliphatic rings. The molecule has 4 heteroatoms. The van der Waals surface area contributed by atoms with Gasteiger partial charge in [0.1, 0.15) is 11.5 Å². The van der Waals surface area contributed by atoms with Gasteiger partial charge in [0.2, 0.25) is 0 Å². The van der Waals surface area contributed by atoms with E-state index in [2.05, 4.69) is 11.6 Å². The zero-order valence-electron chi connectivity index (χ0n) is 13.4. The largest absolute Gasteiger partial charge is 0.493 e. The van der Waals surface area contributed by atoms with Crippen LogP contribution in [0.25, 0.3) is 0 Å². The summed E-state index contributed by atoms with van der Waals surface area (Å²) in [5.41, 5.74) is 2.06. The summed E-state index contributed by atoms with van der Waals surface area (Å²) in [6.45, 7) is 4.29. The molecule has 2 rings (SSSR count). The Labute approximate surface area is 136 Å². The Balaban J connectivity index is 1.98. The van der Waals surface area contributed by atoms with E-state index < -0.39 is 0 Å². The first-order chi connectivity index (χ1) is 11.2. The van der Waals surface area contributed by atoms with Crippen molar-refractivity contribution in [3.8, 4) is 5.75 Å². The number of fused-ring (bicyclic) bond motifs is 1. The summed E-state index contributed by atoms with van der Waals surface area (Å²) in [5.74, 6) is 0.689. The average molecular weight is 311 g/mol. The van der Waals surface area contributed by atoms with Crippen LogP contribution in [-0.4, -0.2) is 30.9 Å². The van der Waals surface area contributed by atoms with Gasteiger partial charge in [-0.05, 0) is 42.7 Å². The summed E-state index contributed by atoms with van der Waals surface area (Å²) in [4.78, 5) is 28.3.